The van der Waals surface area contributed by atoms with Crippen molar-refractivity contribution in [1.29, 1.82) is 0 Å². The number of carboxylic acids is 1. The summed E-state index contributed by atoms with van der Waals surface area (Å²) in [4.78, 5) is 12.1. The molecule has 0 aliphatic heterocycles. The van der Waals surface area contributed by atoms with Gasteiger partial charge in [-0.25, -0.2) is 17.5 Å². The van der Waals surface area contributed by atoms with Gasteiger partial charge in [0, 0.05) is 18.5 Å². The van der Waals surface area contributed by atoms with Crippen molar-refractivity contribution in [3.05, 3.63) is 57.8 Å². The number of benzene rings is 1. The normalized spacial score (nSPS) is 11.7. The van der Waals surface area contributed by atoms with E-state index in [0.717, 1.165) is 4.88 Å². The Morgan fingerprint density at radius 1 is 1.27 bits per heavy atom. The van der Waals surface area contributed by atoms with Gasteiger partial charge in [-0.3, -0.25) is 0 Å². The van der Waals surface area contributed by atoms with Crippen LogP contribution in [0.2, 0.25) is 0 Å². The summed E-state index contributed by atoms with van der Waals surface area (Å²) in [5.74, 6) is -1.26. The molecule has 22 heavy (non-hydrogen) atoms. The van der Waals surface area contributed by atoms with E-state index in [-0.39, 0.29) is 11.3 Å². The molecule has 0 saturated heterocycles. The molecule has 0 aliphatic rings. The molecule has 1 aromatic carbocycles. The van der Waals surface area contributed by atoms with Crippen LogP contribution in [0.4, 0.5) is 0 Å². The van der Waals surface area contributed by atoms with Crippen LogP contribution in [0.1, 0.15) is 20.8 Å². The van der Waals surface area contributed by atoms with Crippen LogP contribution in [0, 0.1) is 0 Å². The fraction of sp³-hybridized carbons (Fsp3) is 0.267. The summed E-state index contributed by atoms with van der Waals surface area (Å²) in [6, 6.07) is 9.93. The van der Waals surface area contributed by atoms with Gasteiger partial charge in [0.2, 0.25) is 10.0 Å². The molecule has 1 N–H and O–H groups in total. The summed E-state index contributed by atoms with van der Waals surface area (Å²) >= 11 is 1.60. The van der Waals surface area contributed by atoms with E-state index in [1.165, 1.54) is 16.4 Å². The highest BCUT2D eigenvalue weighted by molar-refractivity contribution is 7.88. The predicted octanol–water partition coefficient (Wildman–Crippen LogP) is 2.45. The summed E-state index contributed by atoms with van der Waals surface area (Å²) < 4.78 is 26.0. The quantitative estimate of drug-likeness (QED) is 0.841. The molecular formula is C15H17NO4S2. The molecule has 0 amide bonds. The Kier molecular flexibility index (Phi) is 5.33. The Morgan fingerprint density at radius 3 is 2.68 bits per heavy atom. The van der Waals surface area contributed by atoms with E-state index in [9.17, 15) is 13.2 Å². The smallest absolute Gasteiger partial charge is 0.335 e. The van der Waals surface area contributed by atoms with E-state index in [1.807, 2.05) is 17.5 Å². The van der Waals surface area contributed by atoms with Crippen molar-refractivity contribution in [2.24, 2.45) is 0 Å². The van der Waals surface area contributed by atoms with Crippen LogP contribution >= 0.6 is 11.3 Å². The third-order valence-corrected chi connectivity index (χ3v) is 6.02. The van der Waals surface area contributed by atoms with Gasteiger partial charge in [0.15, 0.2) is 0 Å². The second kappa shape index (κ2) is 7.04. The molecule has 118 valence electrons. The lowest BCUT2D eigenvalue weighted by Gasteiger charge is -2.17. The third kappa shape index (κ3) is 4.40. The highest BCUT2D eigenvalue weighted by atomic mass is 32.2. The average molecular weight is 339 g/mol. The lowest BCUT2D eigenvalue weighted by molar-refractivity contribution is 0.0696. The molecule has 7 heteroatoms. The van der Waals surface area contributed by atoms with Gasteiger partial charge in [-0.2, -0.15) is 0 Å². The minimum absolute atomic E-state index is 0.0916. The van der Waals surface area contributed by atoms with Crippen LogP contribution in [-0.4, -0.2) is 37.4 Å². The number of sulfonamides is 1. The van der Waals surface area contributed by atoms with E-state index in [2.05, 4.69) is 0 Å². The Morgan fingerprint density at radius 2 is 2.05 bits per heavy atom. The van der Waals surface area contributed by atoms with Crippen LogP contribution < -0.4 is 0 Å². The molecule has 5 nitrogen and oxygen atoms in total. The average Bonchev–Trinajstić information content (AvgIpc) is 2.97. The third-order valence-electron chi connectivity index (χ3n) is 3.25. The maximum Gasteiger partial charge on any atom is 0.335 e. The zero-order valence-corrected chi connectivity index (χ0v) is 13.7. The number of hydrogen-bond donors (Lipinski definition) is 1. The number of carbonyl (C=O) groups is 1. The van der Waals surface area contributed by atoms with Crippen LogP contribution in [0.15, 0.2) is 41.8 Å². The first-order chi connectivity index (χ1) is 10.4. The topological polar surface area (TPSA) is 74.7 Å². The standard InChI is InChI=1S/C15H17NO4S2/c1-16(8-7-14-6-3-9-21-14)22(19,20)11-12-4-2-5-13(10-12)15(17)18/h2-6,9-10H,7-8,11H2,1H3,(H,17,18). The first-order valence-electron chi connectivity index (χ1n) is 6.67. The number of thiophene rings is 1. The zero-order chi connectivity index (χ0) is 16.2. The Hall–Kier alpha value is -1.70. The Balaban J connectivity index is 2.03. The minimum atomic E-state index is -3.46. The van der Waals surface area contributed by atoms with Crippen LogP contribution in [-0.2, 0) is 22.2 Å². The van der Waals surface area contributed by atoms with Gasteiger partial charge in [-0.15, -0.1) is 11.3 Å². The second-order valence-corrected chi connectivity index (χ2v) is 8.02. The molecule has 0 bridgehead atoms. The zero-order valence-electron chi connectivity index (χ0n) is 12.1. The Labute approximate surface area is 133 Å². The fourth-order valence-electron chi connectivity index (χ4n) is 1.98. The molecule has 0 unspecified atom stereocenters. The van der Waals surface area contributed by atoms with Crippen molar-refractivity contribution in [1.82, 2.24) is 4.31 Å². The highest BCUT2D eigenvalue weighted by Crippen LogP contribution is 2.14. The van der Waals surface area contributed by atoms with E-state index in [1.54, 1.807) is 30.5 Å². The predicted molar refractivity (Wildman–Crippen MR) is 86.7 cm³/mol. The van der Waals surface area contributed by atoms with Gasteiger partial charge in [0.25, 0.3) is 0 Å². The van der Waals surface area contributed by atoms with Crippen molar-refractivity contribution < 1.29 is 18.3 Å². The van der Waals surface area contributed by atoms with Gasteiger partial charge < -0.3 is 5.11 Å². The van der Waals surface area contributed by atoms with Crippen LogP contribution in [0.3, 0.4) is 0 Å². The largest absolute Gasteiger partial charge is 0.478 e. The van der Waals surface area contributed by atoms with Crippen LogP contribution in [0.25, 0.3) is 0 Å². The van der Waals surface area contributed by atoms with E-state index in [4.69, 9.17) is 5.11 Å². The highest BCUT2D eigenvalue weighted by Gasteiger charge is 2.19. The summed E-state index contributed by atoms with van der Waals surface area (Å²) in [6.45, 7) is 0.404. The van der Waals surface area contributed by atoms with Crippen molar-refractivity contribution in [3.8, 4) is 0 Å². The fourth-order valence-corrected chi connectivity index (χ4v) is 3.87. The molecule has 2 aromatic rings. The monoisotopic (exact) mass is 339 g/mol. The Bertz CT molecular complexity index is 739. The van der Waals surface area contributed by atoms with Gasteiger partial charge in [0.05, 0.1) is 11.3 Å². The number of carboxylic acid groups (broad SMARTS) is 1. The van der Waals surface area contributed by atoms with E-state index < -0.39 is 16.0 Å². The molecule has 0 radical (unpaired) electrons. The molecule has 0 spiro atoms. The van der Waals surface area contributed by atoms with E-state index >= 15 is 0 Å². The van der Waals surface area contributed by atoms with Crippen molar-refractivity contribution in [2.75, 3.05) is 13.6 Å². The summed E-state index contributed by atoms with van der Waals surface area (Å²) in [5, 5.41) is 10.9. The summed E-state index contributed by atoms with van der Waals surface area (Å²) in [5.41, 5.74) is 0.566. The van der Waals surface area contributed by atoms with E-state index in [0.29, 0.717) is 18.5 Å². The number of likely N-dealkylation sites (N-methyl/N-ethyl adjacent to an activating group) is 1. The van der Waals surface area contributed by atoms with Gasteiger partial charge in [0.1, 0.15) is 0 Å². The minimum Gasteiger partial charge on any atom is -0.478 e. The number of nitrogens with zero attached hydrogens (tertiary/aromatic N) is 1. The maximum absolute atomic E-state index is 12.3. The molecule has 0 saturated carbocycles. The number of rotatable bonds is 7. The number of hydrogen-bond acceptors (Lipinski definition) is 4. The van der Waals surface area contributed by atoms with Gasteiger partial charge in [-0.05, 0) is 35.6 Å². The lowest BCUT2D eigenvalue weighted by Crippen LogP contribution is -2.30. The second-order valence-electron chi connectivity index (χ2n) is 4.91. The van der Waals surface area contributed by atoms with Crippen molar-refractivity contribution in [2.45, 2.75) is 12.2 Å². The molecule has 0 atom stereocenters. The first kappa shape index (κ1) is 16.7. The number of aromatic carboxylic acids is 1. The maximum atomic E-state index is 12.3. The summed E-state index contributed by atoms with van der Waals surface area (Å²) in [6.07, 6.45) is 0.669. The molecule has 0 fully saturated rings. The molecule has 0 aliphatic carbocycles. The summed E-state index contributed by atoms with van der Waals surface area (Å²) in [7, 11) is -1.92. The van der Waals surface area contributed by atoms with Crippen molar-refractivity contribution in [3.63, 3.8) is 0 Å². The molecule has 1 aromatic heterocycles. The van der Waals surface area contributed by atoms with Gasteiger partial charge >= 0.3 is 5.97 Å². The molecular weight excluding hydrogens is 322 g/mol. The lowest BCUT2D eigenvalue weighted by atomic mass is 10.1. The first-order valence-corrected chi connectivity index (χ1v) is 9.16. The van der Waals surface area contributed by atoms with Crippen LogP contribution in [0.5, 0.6) is 0 Å². The molecule has 1 heterocycles. The van der Waals surface area contributed by atoms with Gasteiger partial charge in [-0.1, -0.05) is 18.2 Å². The SMILES string of the molecule is CN(CCc1cccs1)S(=O)(=O)Cc1cccc(C(=O)O)c1. The molecule has 2 rings (SSSR count). The van der Waals surface area contributed by atoms with Crippen molar-refractivity contribution >= 4 is 27.3 Å².